The van der Waals surface area contributed by atoms with E-state index in [0.717, 1.165) is 19.4 Å². The van der Waals surface area contributed by atoms with Crippen molar-refractivity contribution >= 4 is 22.4 Å². The van der Waals surface area contributed by atoms with Crippen molar-refractivity contribution in [2.75, 3.05) is 11.9 Å². The second-order valence-electron chi connectivity index (χ2n) is 4.41. The van der Waals surface area contributed by atoms with Crippen molar-refractivity contribution in [2.45, 2.75) is 26.7 Å². The van der Waals surface area contributed by atoms with E-state index < -0.39 is 4.92 Å². The van der Waals surface area contributed by atoms with Gasteiger partial charge in [-0.15, -0.1) is 0 Å². The second kappa shape index (κ2) is 5.64. The molecule has 2 aromatic rings. The third-order valence-electron chi connectivity index (χ3n) is 3.33. The standard InChI is InChI=1S/C12H16N4O3/c1-3-8(4-2)7-13-9-5-6-10(16(17)18)12-11(9)14-19-15-12/h5-6,8,13H,3-4,7H2,1-2H3. The van der Waals surface area contributed by atoms with Crippen LogP contribution in [0, 0.1) is 16.0 Å². The van der Waals surface area contributed by atoms with Crippen LogP contribution in [0.15, 0.2) is 16.8 Å². The van der Waals surface area contributed by atoms with Crippen LogP contribution in [0.2, 0.25) is 0 Å². The zero-order valence-electron chi connectivity index (χ0n) is 10.9. The predicted octanol–water partition coefficient (Wildman–Crippen LogP) is 2.98. The van der Waals surface area contributed by atoms with E-state index in [4.69, 9.17) is 0 Å². The average Bonchev–Trinajstić information content (AvgIpc) is 2.88. The summed E-state index contributed by atoms with van der Waals surface area (Å²) in [6.07, 6.45) is 2.16. The quantitative estimate of drug-likeness (QED) is 0.636. The molecular formula is C12H16N4O3. The summed E-state index contributed by atoms with van der Waals surface area (Å²) in [4.78, 5) is 10.4. The number of nitrogens with zero attached hydrogens (tertiary/aromatic N) is 3. The molecule has 1 aromatic heterocycles. The van der Waals surface area contributed by atoms with Gasteiger partial charge in [0.2, 0.25) is 5.52 Å². The van der Waals surface area contributed by atoms with Gasteiger partial charge in [0.1, 0.15) is 0 Å². The number of non-ortho nitro benzene ring substituents is 1. The number of aromatic nitrogens is 2. The van der Waals surface area contributed by atoms with Gasteiger partial charge in [-0.2, -0.15) is 0 Å². The number of nitrogens with one attached hydrogen (secondary N) is 1. The van der Waals surface area contributed by atoms with Crippen LogP contribution in [0.4, 0.5) is 11.4 Å². The van der Waals surface area contributed by atoms with E-state index in [0.29, 0.717) is 17.1 Å². The highest BCUT2D eigenvalue weighted by Gasteiger charge is 2.19. The number of anilines is 1. The molecule has 0 radical (unpaired) electrons. The van der Waals surface area contributed by atoms with Crippen molar-refractivity contribution in [3.63, 3.8) is 0 Å². The summed E-state index contributed by atoms with van der Waals surface area (Å²) in [5, 5.41) is 21.5. The molecule has 0 amide bonds. The maximum atomic E-state index is 10.9. The Morgan fingerprint density at radius 3 is 2.63 bits per heavy atom. The summed E-state index contributed by atoms with van der Waals surface area (Å²) in [6.45, 7) is 5.07. The van der Waals surface area contributed by atoms with Gasteiger partial charge in [0.25, 0.3) is 0 Å². The first-order valence-corrected chi connectivity index (χ1v) is 6.30. The van der Waals surface area contributed by atoms with Gasteiger partial charge < -0.3 is 5.32 Å². The van der Waals surface area contributed by atoms with E-state index in [1.807, 2.05) is 0 Å². The number of benzene rings is 1. The lowest BCUT2D eigenvalue weighted by Crippen LogP contribution is -2.13. The molecule has 19 heavy (non-hydrogen) atoms. The molecule has 0 fully saturated rings. The van der Waals surface area contributed by atoms with Crippen LogP contribution in [-0.2, 0) is 0 Å². The number of rotatable bonds is 6. The number of fused-ring (bicyclic) bond motifs is 1. The molecule has 7 heteroatoms. The zero-order valence-corrected chi connectivity index (χ0v) is 10.9. The molecule has 0 bridgehead atoms. The van der Waals surface area contributed by atoms with E-state index in [1.54, 1.807) is 6.07 Å². The Hall–Kier alpha value is -2.18. The highest BCUT2D eigenvalue weighted by atomic mass is 16.6. The van der Waals surface area contributed by atoms with Gasteiger partial charge in [-0.3, -0.25) is 10.1 Å². The Kier molecular flexibility index (Phi) is 3.94. The summed E-state index contributed by atoms with van der Waals surface area (Å²) in [6, 6.07) is 3.06. The number of nitro benzene ring substituents is 1. The lowest BCUT2D eigenvalue weighted by Gasteiger charge is -2.14. The third kappa shape index (κ3) is 2.64. The molecule has 0 aliphatic carbocycles. The maximum absolute atomic E-state index is 10.9. The van der Waals surface area contributed by atoms with Crippen LogP contribution in [0.3, 0.4) is 0 Å². The summed E-state index contributed by atoms with van der Waals surface area (Å²) >= 11 is 0. The van der Waals surface area contributed by atoms with Gasteiger partial charge in [0.15, 0.2) is 5.52 Å². The van der Waals surface area contributed by atoms with Gasteiger partial charge in [0.05, 0.1) is 10.6 Å². The number of hydrogen-bond acceptors (Lipinski definition) is 6. The second-order valence-corrected chi connectivity index (χ2v) is 4.41. The minimum atomic E-state index is -0.489. The topological polar surface area (TPSA) is 94.1 Å². The fourth-order valence-electron chi connectivity index (χ4n) is 1.98. The monoisotopic (exact) mass is 264 g/mol. The minimum Gasteiger partial charge on any atom is -0.383 e. The van der Waals surface area contributed by atoms with Crippen LogP contribution in [0.25, 0.3) is 11.0 Å². The first kappa shape index (κ1) is 13.3. The predicted molar refractivity (Wildman–Crippen MR) is 71.0 cm³/mol. The normalized spacial score (nSPS) is 11.1. The Bertz CT molecular complexity index is 577. The van der Waals surface area contributed by atoms with Crippen molar-refractivity contribution in [1.82, 2.24) is 10.3 Å². The number of hydrogen-bond donors (Lipinski definition) is 1. The molecular weight excluding hydrogens is 248 g/mol. The fourth-order valence-corrected chi connectivity index (χ4v) is 1.98. The Morgan fingerprint density at radius 2 is 2.00 bits per heavy atom. The molecule has 1 N–H and O–H groups in total. The molecule has 0 aliphatic heterocycles. The van der Waals surface area contributed by atoms with Gasteiger partial charge in [0, 0.05) is 12.6 Å². The lowest BCUT2D eigenvalue weighted by atomic mass is 10.0. The van der Waals surface area contributed by atoms with Crippen molar-refractivity contribution < 1.29 is 9.55 Å². The Morgan fingerprint density at radius 1 is 1.32 bits per heavy atom. The van der Waals surface area contributed by atoms with Crippen LogP contribution < -0.4 is 5.32 Å². The molecule has 1 heterocycles. The number of nitro groups is 1. The Labute approximate surface area is 110 Å². The van der Waals surface area contributed by atoms with Gasteiger partial charge >= 0.3 is 5.69 Å². The van der Waals surface area contributed by atoms with Crippen LogP contribution in [-0.4, -0.2) is 21.8 Å². The van der Waals surface area contributed by atoms with E-state index >= 15 is 0 Å². The molecule has 0 spiro atoms. The SMILES string of the molecule is CCC(CC)CNc1ccc([N+](=O)[O-])c2nonc12. The molecule has 0 saturated heterocycles. The average molecular weight is 264 g/mol. The Balaban J connectivity index is 2.28. The van der Waals surface area contributed by atoms with Crippen LogP contribution in [0.5, 0.6) is 0 Å². The smallest absolute Gasteiger partial charge is 0.300 e. The van der Waals surface area contributed by atoms with Crippen molar-refractivity contribution in [3.05, 3.63) is 22.2 Å². The summed E-state index contributed by atoms with van der Waals surface area (Å²) in [7, 11) is 0. The van der Waals surface area contributed by atoms with Crippen LogP contribution in [0.1, 0.15) is 26.7 Å². The first-order valence-electron chi connectivity index (χ1n) is 6.30. The molecule has 7 nitrogen and oxygen atoms in total. The highest BCUT2D eigenvalue weighted by Crippen LogP contribution is 2.28. The van der Waals surface area contributed by atoms with E-state index in [9.17, 15) is 10.1 Å². The molecule has 0 atom stereocenters. The molecule has 0 unspecified atom stereocenters. The van der Waals surface area contributed by atoms with Gasteiger partial charge in [-0.05, 0) is 22.3 Å². The zero-order chi connectivity index (χ0) is 13.8. The van der Waals surface area contributed by atoms with Gasteiger partial charge in [-0.1, -0.05) is 26.7 Å². The summed E-state index contributed by atoms with van der Waals surface area (Å²) < 4.78 is 4.61. The molecule has 2 rings (SSSR count). The lowest BCUT2D eigenvalue weighted by molar-refractivity contribution is -0.383. The van der Waals surface area contributed by atoms with Crippen LogP contribution >= 0.6 is 0 Å². The van der Waals surface area contributed by atoms with Crippen molar-refractivity contribution in [2.24, 2.45) is 5.92 Å². The summed E-state index contributed by atoms with van der Waals surface area (Å²) in [5.41, 5.74) is 1.21. The van der Waals surface area contributed by atoms with E-state index in [-0.39, 0.29) is 11.2 Å². The minimum absolute atomic E-state index is 0.0932. The highest BCUT2D eigenvalue weighted by molar-refractivity contribution is 5.93. The summed E-state index contributed by atoms with van der Waals surface area (Å²) in [5.74, 6) is 0.560. The van der Waals surface area contributed by atoms with E-state index in [2.05, 4.69) is 34.1 Å². The van der Waals surface area contributed by atoms with Crippen molar-refractivity contribution in [1.29, 1.82) is 0 Å². The first-order chi connectivity index (χ1) is 9.17. The van der Waals surface area contributed by atoms with Gasteiger partial charge in [-0.25, -0.2) is 4.63 Å². The largest absolute Gasteiger partial charge is 0.383 e. The molecule has 0 aliphatic rings. The molecule has 102 valence electrons. The fraction of sp³-hybridized carbons (Fsp3) is 0.500. The maximum Gasteiger partial charge on any atom is 0.300 e. The molecule has 1 aromatic carbocycles. The third-order valence-corrected chi connectivity index (χ3v) is 3.33. The van der Waals surface area contributed by atoms with Crippen molar-refractivity contribution in [3.8, 4) is 0 Å². The van der Waals surface area contributed by atoms with E-state index in [1.165, 1.54) is 6.07 Å². The molecule has 0 saturated carbocycles.